The average molecular weight is 287 g/mol. The summed E-state index contributed by atoms with van der Waals surface area (Å²) in [4.78, 5) is 12.3. The van der Waals surface area contributed by atoms with Gasteiger partial charge in [-0.1, -0.05) is 6.07 Å². The first kappa shape index (κ1) is 13.9. The summed E-state index contributed by atoms with van der Waals surface area (Å²) in [7, 11) is 3.58. The van der Waals surface area contributed by atoms with Crippen LogP contribution < -0.4 is 15.7 Å². The number of methoxy groups -OCH3 is 1. The van der Waals surface area contributed by atoms with Crippen LogP contribution in [0.3, 0.4) is 0 Å². The number of aromatic nitrogens is 2. The predicted octanol–water partition coefficient (Wildman–Crippen LogP) is 1.76. The molecule has 0 aliphatic heterocycles. The van der Waals surface area contributed by atoms with Crippen LogP contribution in [0.4, 0.5) is 0 Å². The third-order valence-corrected chi connectivity index (χ3v) is 3.88. The number of ether oxygens (including phenoxy) is 1. The fraction of sp³-hybridized carbons (Fsp3) is 0.438. The summed E-state index contributed by atoms with van der Waals surface area (Å²) in [5.74, 6) is 0.820. The second-order valence-electron chi connectivity index (χ2n) is 5.52. The first-order chi connectivity index (χ1) is 10.2. The molecule has 112 valence electrons. The topological polar surface area (TPSA) is 48.2 Å². The molecule has 1 N–H and O–H groups in total. The zero-order chi connectivity index (χ0) is 14.8. The van der Waals surface area contributed by atoms with Crippen molar-refractivity contribution in [3.8, 4) is 5.75 Å². The van der Waals surface area contributed by atoms with Crippen molar-refractivity contribution in [3.05, 3.63) is 52.2 Å². The van der Waals surface area contributed by atoms with E-state index < -0.39 is 0 Å². The van der Waals surface area contributed by atoms with E-state index >= 15 is 0 Å². The highest BCUT2D eigenvalue weighted by Crippen LogP contribution is 2.33. The van der Waals surface area contributed by atoms with Crippen LogP contribution in [-0.4, -0.2) is 23.3 Å². The molecule has 1 fully saturated rings. The van der Waals surface area contributed by atoms with Crippen molar-refractivity contribution in [3.63, 3.8) is 0 Å². The molecule has 1 heterocycles. The number of benzene rings is 1. The second kappa shape index (κ2) is 5.77. The number of rotatable bonds is 6. The molecule has 0 atom stereocenters. The molecule has 1 aliphatic rings. The van der Waals surface area contributed by atoms with E-state index in [1.807, 2.05) is 36.1 Å². The van der Waals surface area contributed by atoms with Crippen molar-refractivity contribution in [1.82, 2.24) is 14.5 Å². The Morgan fingerprint density at radius 2 is 2.14 bits per heavy atom. The van der Waals surface area contributed by atoms with Gasteiger partial charge < -0.3 is 10.1 Å². The van der Waals surface area contributed by atoms with Gasteiger partial charge in [0.15, 0.2) is 0 Å². The lowest BCUT2D eigenvalue weighted by Gasteiger charge is -2.11. The standard InChI is InChI=1S/C16H21N3O2/c1-17-10-12-3-6-15(21-2)13(9-12)11-18-7-8-19(16(18)20)14-4-5-14/h3,6-9,14,17H,4-5,10-11H2,1-2H3. The van der Waals surface area contributed by atoms with Gasteiger partial charge in [0.1, 0.15) is 5.75 Å². The monoisotopic (exact) mass is 287 g/mol. The van der Waals surface area contributed by atoms with E-state index in [0.29, 0.717) is 12.6 Å². The Balaban J connectivity index is 1.89. The fourth-order valence-corrected chi connectivity index (χ4v) is 2.63. The molecule has 0 radical (unpaired) electrons. The van der Waals surface area contributed by atoms with Gasteiger partial charge in [0, 0.05) is 30.5 Å². The summed E-state index contributed by atoms with van der Waals surface area (Å²) in [6, 6.07) is 6.51. The van der Waals surface area contributed by atoms with Gasteiger partial charge >= 0.3 is 5.69 Å². The van der Waals surface area contributed by atoms with Gasteiger partial charge in [-0.3, -0.25) is 9.13 Å². The van der Waals surface area contributed by atoms with Crippen LogP contribution in [0.25, 0.3) is 0 Å². The molecule has 3 rings (SSSR count). The highest BCUT2D eigenvalue weighted by molar-refractivity contribution is 5.37. The van der Waals surface area contributed by atoms with Gasteiger partial charge in [-0.05, 0) is 37.6 Å². The fourth-order valence-electron chi connectivity index (χ4n) is 2.63. The first-order valence-electron chi connectivity index (χ1n) is 7.30. The number of nitrogens with one attached hydrogen (secondary N) is 1. The lowest BCUT2D eigenvalue weighted by atomic mass is 10.1. The largest absolute Gasteiger partial charge is 0.496 e. The lowest BCUT2D eigenvalue weighted by molar-refractivity contribution is 0.407. The smallest absolute Gasteiger partial charge is 0.328 e. The van der Waals surface area contributed by atoms with Gasteiger partial charge in [0.05, 0.1) is 13.7 Å². The van der Waals surface area contributed by atoms with Gasteiger partial charge in [0.2, 0.25) is 0 Å². The molecule has 21 heavy (non-hydrogen) atoms. The molecule has 1 aliphatic carbocycles. The van der Waals surface area contributed by atoms with Crippen molar-refractivity contribution in [2.75, 3.05) is 14.2 Å². The molecule has 5 heteroatoms. The Kier molecular flexibility index (Phi) is 3.84. The average Bonchev–Trinajstić information content (AvgIpc) is 3.26. The Hall–Kier alpha value is -2.01. The van der Waals surface area contributed by atoms with Crippen LogP contribution in [0.2, 0.25) is 0 Å². The Bertz CT molecular complexity index is 683. The van der Waals surface area contributed by atoms with Crippen molar-refractivity contribution < 1.29 is 4.74 Å². The maximum atomic E-state index is 12.3. The van der Waals surface area contributed by atoms with Crippen molar-refractivity contribution in [1.29, 1.82) is 0 Å². The number of hydrogen-bond acceptors (Lipinski definition) is 3. The SMILES string of the molecule is CNCc1ccc(OC)c(Cn2ccn(C3CC3)c2=O)c1. The number of hydrogen-bond donors (Lipinski definition) is 1. The van der Waals surface area contributed by atoms with Gasteiger partial charge in [-0.15, -0.1) is 0 Å². The summed E-state index contributed by atoms with van der Waals surface area (Å²) in [5.41, 5.74) is 2.28. The Morgan fingerprint density at radius 1 is 1.33 bits per heavy atom. The lowest BCUT2D eigenvalue weighted by Crippen LogP contribution is -2.24. The summed E-state index contributed by atoms with van der Waals surface area (Å²) in [6.45, 7) is 1.34. The molecule has 0 saturated heterocycles. The van der Waals surface area contributed by atoms with Crippen LogP contribution in [-0.2, 0) is 13.1 Å². The predicted molar refractivity (Wildman–Crippen MR) is 81.8 cm³/mol. The minimum atomic E-state index is 0.0681. The summed E-state index contributed by atoms with van der Waals surface area (Å²) in [5, 5.41) is 3.14. The highest BCUT2D eigenvalue weighted by atomic mass is 16.5. The third kappa shape index (κ3) is 2.88. The molecule has 0 unspecified atom stereocenters. The molecule has 0 amide bonds. The van der Waals surface area contributed by atoms with Crippen LogP contribution in [0.5, 0.6) is 5.75 Å². The summed E-state index contributed by atoms with van der Waals surface area (Å²) in [6.07, 6.45) is 5.99. The molecular formula is C16H21N3O2. The Labute approximate surface area is 124 Å². The molecule has 1 aromatic heterocycles. The van der Waals surface area contributed by atoms with Crippen LogP contribution in [0, 0.1) is 0 Å². The first-order valence-corrected chi connectivity index (χ1v) is 7.30. The molecular weight excluding hydrogens is 266 g/mol. The van der Waals surface area contributed by atoms with Crippen molar-refractivity contribution in [2.45, 2.75) is 32.0 Å². The van der Waals surface area contributed by atoms with Gasteiger partial charge in [-0.2, -0.15) is 0 Å². The summed E-state index contributed by atoms with van der Waals surface area (Å²) < 4.78 is 9.00. The minimum absolute atomic E-state index is 0.0681. The van der Waals surface area contributed by atoms with Gasteiger partial charge in [-0.25, -0.2) is 4.79 Å². The molecule has 1 saturated carbocycles. The molecule has 5 nitrogen and oxygen atoms in total. The van der Waals surface area contributed by atoms with E-state index in [2.05, 4.69) is 11.4 Å². The number of nitrogens with zero attached hydrogens (tertiary/aromatic N) is 2. The quantitative estimate of drug-likeness (QED) is 0.880. The number of imidazole rings is 1. The Morgan fingerprint density at radius 3 is 2.81 bits per heavy atom. The molecule has 2 aromatic rings. The van der Waals surface area contributed by atoms with E-state index in [9.17, 15) is 4.79 Å². The zero-order valence-electron chi connectivity index (χ0n) is 12.5. The van der Waals surface area contributed by atoms with E-state index in [1.54, 1.807) is 11.7 Å². The van der Waals surface area contributed by atoms with E-state index in [4.69, 9.17) is 4.74 Å². The van der Waals surface area contributed by atoms with Crippen LogP contribution in [0.1, 0.15) is 30.0 Å². The normalized spacial score (nSPS) is 14.4. The van der Waals surface area contributed by atoms with Crippen molar-refractivity contribution >= 4 is 0 Å². The third-order valence-electron chi connectivity index (χ3n) is 3.88. The van der Waals surface area contributed by atoms with E-state index in [-0.39, 0.29) is 5.69 Å². The minimum Gasteiger partial charge on any atom is -0.496 e. The summed E-state index contributed by atoms with van der Waals surface area (Å²) >= 11 is 0. The van der Waals surface area contributed by atoms with E-state index in [1.165, 1.54) is 5.56 Å². The van der Waals surface area contributed by atoms with Crippen LogP contribution in [0.15, 0.2) is 35.4 Å². The molecule has 0 bridgehead atoms. The highest BCUT2D eigenvalue weighted by Gasteiger charge is 2.25. The molecule has 0 spiro atoms. The molecule has 1 aromatic carbocycles. The zero-order valence-corrected chi connectivity index (χ0v) is 12.5. The van der Waals surface area contributed by atoms with Gasteiger partial charge in [0.25, 0.3) is 0 Å². The van der Waals surface area contributed by atoms with Crippen molar-refractivity contribution in [2.24, 2.45) is 0 Å². The van der Waals surface area contributed by atoms with E-state index in [0.717, 1.165) is 30.7 Å². The second-order valence-corrected chi connectivity index (χ2v) is 5.52. The van der Waals surface area contributed by atoms with Crippen LogP contribution >= 0.6 is 0 Å². The maximum absolute atomic E-state index is 12.3. The maximum Gasteiger partial charge on any atom is 0.328 e.